The Hall–Kier alpha value is -1.20. The van der Waals surface area contributed by atoms with E-state index in [1.165, 1.54) is 0 Å². The topological polar surface area (TPSA) is 38.7 Å². The second-order valence-electron chi connectivity index (χ2n) is 7.10. The van der Waals surface area contributed by atoms with E-state index >= 15 is 0 Å². The summed E-state index contributed by atoms with van der Waals surface area (Å²) in [5, 5.41) is 9.34. The first kappa shape index (κ1) is 16.7. The summed E-state index contributed by atoms with van der Waals surface area (Å²) in [5.74, 6) is -1.28. The molecule has 0 spiro atoms. The number of benzene rings is 1. The Labute approximate surface area is 135 Å². The van der Waals surface area contributed by atoms with Crippen LogP contribution in [0.1, 0.15) is 63.2 Å². The summed E-state index contributed by atoms with van der Waals surface area (Å²) >= 11 is 0. The molecule has 1 aliphatic carbocycles. The highest BCUT2D eigenvalue weighted by atomic mass is 19.2. The highest BCUT2D eigenvalue weighted by molar-refractivity contribution is 5.42. The van der Waals surface area contributed by atoms with Crippen molar-refractivity contribution in [2.75, 3.05) is 0 Å². The molecule has 0 bridgehead atoms. The molecule has 1 aliphatic heterocycles. The van der Waals surface area contributed by atoms with Gasteiger partial charge in [-0.15, -0.1) is 0 Å². The van der Waals surface area contributed by atoms with Gasteiger partial charge in [0.25, 0.3) is 0 Å². The Morgan fingerprint density at radius 2 is 1.83 bits per heavy atom. The summed E-state index contributed by atoms with van der Waals surface area (Å²) in [6, 6.07) is 1.61. The van der Waals surface area contributed by atoms with E-state index < -0.39 is 17.7 Å². The lowest BCUT2D eigenvalue weighted by Crippen LogP contribution is -2.24. The summed E-state index contributed by atoms with van der Waals surface area (Å²) in [6.45, 7) is 4.03. The molecule has 3 rings (SSSR count). The predicted molar refractivity (Wildman–Crippen MR) is 82.3 cm³/mol. The number of aryl methyl sites for hydroxylation is 1. The molecule has 1 aromatic rings. The van der Waals surface area contributed by atoms with Gasteiger partial charge in [0.05, 0.1) is 6.10 Å². The van der Waals surface area contributed by atoms with Crippen LogP contribution in [0.3, 0.4) is 0 Å². The maximum Gasteiger partial charge on any atom is 0.201 e. The van der Waals surface area contributed by atoms with Crippen molar-refractivity contribution in [2.45, 2.75) is 64.6 Å². The van der Waals surface area contributed by atoms with Crippen LogP contribution in [0.5, 0.6) is 5.75 Å². The van der Waals surface area contributed by atoms with Crippen LogP contribution in [-0.4, -0.2) is 11.4 Å². The molecule has 1 heterocycles. The molecule has 5 heteroatoms. The SMILES string of the molecule is CC1CCC(C(OO)c2cc3c(c(F)c2F)OC(C)CC3)CC1. The van der Waals surface area contributed by atoms with Crippen molar-refractivity contribution in [3.8, 4) is 5.75 Å². The molecule has 23 heavy (non-hydrogen) atoms. The fraction of sp³-hybridized carbons (Fsp3) is 0.667. The number of rotatable bonds is 3. The summed E-state index contributed by atoms with van der Waals surface area (Å²) in [4.78, 5) is 4.61. The molecule has 0 radical (unpaired) electrons. The molecule has 0 aromatic heterocycles. The molecule has 1 aromatic carbocycles. The van der Waals surface area contributed by atoms with E-state index in [0.29, 0.717) is 17.9 Å². The molecule has 128 valence electrons. The highest BCUT2D eigenvalue weighted by Gasteiger charge is 2.34. The van der Waals surface area contributed by atoms with Crippen LogP contribution < -0.4 is 4.74 Å². The normalized spacial score (nSPS) is 28.8. The standard InChI is InChI=1S/C18H24F2O3/c1-10-3-6-12(7-4-10)17(23-21)14-9-13-8-5-11(2)22-18(13)16(20)15(14)19/h9-12,17,21H,3-8H2,1-2H3. The van der Waals surface area contributed by atoms with Gasteiger partial charge in [-0.25, -0.2) is 9.28 Å². The van der Waals surface area contributed by atoms with Crippen LogP contribution in [0.4, 0.5) is 8.78 Å². The second kappa shape index (κ2) is 6.73. The largest absolute Gasteiger partial charge is 0.487 e. The lowest BCUT2D eigenvalue weighted by Gasteiger charge is -2.32. The summed E-state index contributed by atoms with van der Waals surface area (Å²) in [7, 11) is 0. The average Bonchev–Trinajstić information content (AvgIpc) is 2.55. The molecule has 0 amide bonds. The van der Waals surface area contributed by atoms with Crippen LogP contribution >= 0.6 is 0 Å². The Morgan fingerprint density at radius 1 is 1.13 bits per heavy atom. The Balaban J connectivity index is 1.93. The van der Waals surface area contributed by atoms with E-state index in [2.05, 4.69) is 11.8 Å². The molecule has 3 nitrogen and oxygen atoms in total. The third kappa shape index (κ3) is 3.22. The molecule has 2 unspecified atom stereocenters. The van der Waals surface area contributed by atoms with E-state index in [1.807, 2.05) is 6.92 Å². The van der Waals surface area contributed by atoms with Gasteiger partial charge in [-0.1, -0.05) is 19.8 Å². The fourth-order valence-electron chi connectivity index (χ4n) is 3.81. The van der Waals surface area contributed by atoms with Gasteiger partial charge in [0, 0.05) is 5.56 Å². The van der Waals surface area contributed by atoms with Gasteiger partial charge in [-0.05, 0) is 56.1 Å². The number of halogens is 2. The van der Waals surface area contributed by atoms with Crippen molar-refractivity contribution >= 4 is 0 Å². The van der Waals surface area contributed by atoms with Crippen molar-refractivity contribution in [1.29, 1.82) is 0 Å². The third-order valence-corrected chi connectivity index (χ3v) is 5.31. The van der Waals surface area contributed by atoms with Gasteiger partial charge >= 0.3 is 0 Å². The van der Waals surface area contributed by atoms with Crippen LogP contribution in [0, 0.1) is 23.5 Å². The van der Waals surface area contributed by atoms with Crippen LogP contribution in [0.2, 0.25) is 0 Å². The number of hydrogen-bond acceptors (Lipinski definition) is 3. The zero-order chi connectivity index (χ0) is 16.6. The van der Waals surface area contributed by atoms with Gasteiger partial charge in [0.1, 0.15) is 6.10 Å². The molecule has 1 fully saturated rings. The molecule has 2 aliphatic rings. The molecule has 1 N–H and O–H groups in total. The summed E-state index contributed by atoms with van der Waals surface area (Å²) in [5.41, 5.74) is 0.768. The number of ether oxygens (including phenoxy) is 1. The second-order valence-corrected chi connectivity index (χ2v) is 7.10. The van der Waals surface area contributed by atoms with E-state index in [1.54, 1.807) is 6.07 Å². The van der Waals surface area contributed by atoms with Crippen LogP contribution in [0.25, 0.3) is 0 Å². The van der Waals surface area contributed by atoms with Gasteiger partial charge in [-0.3, -0.25) is 5.26 Å². The van der Waals surface area contributed by atoms with Crippen LogP contribution in [0.15, 0.2) is 6.07 Å². The Bertz CT molecular complexity index is 568. The first-order valence-corrected chi connectivity index (χ1v) is 8.48. The highest BCUT2D eigenvalue weighted by Crippen LogP contribution is 2.42. The third-order valence-electron chi connectivity index (χ3n) is 5.31. The minimum atomic E-state index is -0.963. The molecule has 1 saturated carbocycles. The van der Waals surface area contributed by atoms with Crippen LogP contribution in [-0.2, 0) is 11.3 Å². The number of hydrogen-bond donors (Lipinski definition) is 1. The first-order chi connectivity index (χ1) is 11.0. The predicted octanol–water partition coefficient (Wildman–Crippen LogP) is 5.04. The molecular weight excluding hydrogens is 302 g/mol. The zero-order valence-electron chi connectivity index (χ0n) is 13.6. The average molecular weight is 326 g/mol. The quantitative estimate of drug-likeness (QED) is 0.625. The van der Waals surface area contributed by atoms with Crippen molar-refractivity contribution < 1.29 is 23.7 Å². The lowest BCUT2D eigenvalue weighted by molar-refractivity contribution is -0.296. The molecular formula is C18H24F2O3. The van der Waals surface area contributed by atoms with Crippen molar-refractivity contribution in [3.05, 3.63) is 28.8 Å². The Kier molecular flexibility index (Phi) is 4.87. The van der Waals surface area contributed by atoms with Gasteiger partial charge in [0.2, 0.25) is 5.82 Å². The van der Waals surface area contributed by atoms with Gasteiger partial charge in [-0.2, -0.15) is 4.39 Å². The van der Waals surface area contributed by atoms with E-state index in [9.17, 15) is 14.0 Å². The minimum absolute atomic E-state index is 0.00609. The van der Waals surface area contributed by atoms with Crippen molar-refractivity contribution in [3.63, 3.8) is 0 Å². The summed E-state index contributed by atoms with van der Waals surface area (Å²) < 4.78 is 34.4. The molecule has 0 saturated heterocycles. The smallest absolute Gasteiger partial charge is 0.201 e. The van der Waals surface area contributed by atoms with E-state index in [-0.39, 0.29) is 23.3 Å². The monoisotopic (exact) mass is 326 g/mol. The maximum absolute atomic E-state index is 14.5. The van der Waals surface area contributed by atoms with E-state index in [4.69, 9.17) is 4.74 Å². The van der Waals surface area contributed by atoms with Crippen molar-refractivity contribution in [1.82, 2.24) is 0 Å². The number of fused-ring (bicyclic) bond motifs is 1. The minimum Gasteiger partial charge on any atom is -0.487 e. The maximum atomic E-state index is 14.5. The van der Waals surface area contributed by atoms with E-state index in [0.717, 1.165) is 32.1 Å². The lowest BCUT2D eigenvalue weighted by atomic mass is 9.78. The van der Waals surface area contributed by atoms with Gasteiger partial charge < -0.3 is 4.74 Å². The van der Waals surface area contributed by atoms with Gasteiger partial charge in [0.15, 0.2) is 11.6 Å². The molecule has 2 atom stereocenters. The first-order valence-electron chi connectivity index (χ1n) is 8.48. The fourth-order valence-corrected chi connectivity index (χ4v) is 3.81. The summed E-state index contributed by atoms with van der Waals surface area (Å²) in [6.07, 6.45) is 4.19. The zero-order valence-corrected chi connectivity index (χ0v) is 13.6. The Morgan fingerprint density at radius 3 is 2.48 bits per heavy atom. The van der Waals surface area contributed by atoms with Crippen molar-refractivity contribution in [2.24, 2.45) is 11.8 Å².